The van der Waals surface area contributed by atoms with E-state index >= 15 is 0 Å². The summed E-state index contributed by atoms with van der Waals surface area (Å²) in [5.41, 5.74) is 4.15. The van der Waals surface area contributed by atoms with Crippen LogP contribution < -0.4 is 5.73 Å². The molecule has 0 bridgehead atoms. The minimum Gasteiger partial charge on any atom is -0.398 e. The first-order valence-corrected chi connectivity index (χ1v) is 4.97. The Morgan fingerprint density at radius 2 is 1.94 bits per heavy atom. The maximum Gasteiger partial charge on any atom is 0.416 e. The molecule has 0 aliphatic heterocycles. The highest BCUT2D eigenvalue weighted by molar-refractivity contribution is 5.50. The predicted molar refractivity (Wildman–Crippen MR) is 57.1 cm³/mol. The third kappa shape index (κ3) is 3.12. The van der Waals surface area contributed by atoms with Crippen LogP contribution in [-0.2, 0) is 6.18 Å². The van der Waals surface area contributed by atoms with Crippen molar-refractivity contribution in [3.8, 4) is 6.07 Å². The van der Waals surface area contributed by atoms with Crippen molar-refractivity contribution in [1.29, 1.82) is 5.26 Å². The molecular weight excluding hydrogens is 249 g/mol. The van der Waals surface area contributed by atoms with Crippen LogP contribution >= 0.6 is 0 Å². The molecule has 4 N–H and O–H groups in total. The van der Waals surface area contributed by atoms with E-state index in [2.05, 4.69) is 0 Å². The predicted octanol–water partition coefficient (Wildman–Crippen LogP) is 1.60. The van der Waals surface area contributed by atoms with Gasteiger partial charge in [0.05, 0.1) is 24.2 Å². The quantitative estimate of drug-likeness (QED) is 0.720. The van der Waals surface area contributed by atoms with E-state index in [0.717, 1.165) is 12.1 Å². The third-order valence-corrected chi connectivity index (χ3v) is 2.40. The third-order valence-electron chi connectivity index (χ3n) is 2.40. The molecule has 0 radical (unpaired) electrons. The van der Waals surface area contributed by atoms with Crippen molar-refractivity contribution in [3.63, 3.8) is 0 Å². The number of rotatable bonds is 3. The van der Waals surface area contributed by atoms with Crippen molar-refractivity contribution >= 4 is 5.69 Å². The average Bonchev–Trinajstić information content (AvgIpc) is 2.27. The number of nitrogens with two attached hydrogens (primary N) is 1. The van der Waals surface area contributed by atoms with E-state index in [-0.39, 0.29) is 11.3 Å². The second-order valence-corrected chi connectivity index (χ2v) is 3.72. The fourth-order valence-corrected chi connectivity index (χ4v) is 1.42. The summed E-state index contributed by atoms with van der Waals surface area (Å²) < 4.78 is 37.4. The lowest BCUT2D eigenvalue weighted by molar-refractivity contribution is -0.137. The molecule has 0 saturated carbocycles. The molecule has 0 aromatic heterocycles. The molecule has 0 heterocycles. The van der Waals surface area contributed by atoms with Gasteiger partial charge >= 0.3 is 6.18 Å². The topological polar surface area (TPSA) is 90.3 Å². The Kier molecular flexibility index (Phi) is 4.16. The molecule has 2 atom stereocenters. The van der Waals surface area contributed by atoms with Gasteiger partial charge in [0, 0.05) is 11.3 Å². The second-order valence-electron chi connectivity index (χ2n) is 3.72. The summed E-state index contributed by atoms with van der Waals surface area (Å²) in [5, 5.41) is 27.4. The van der Waals surface area contributed by atoms with Crippen LogP contribution in [-0.4, -0.2) is 16.3 Å². The zero-order chi connectivity index (χ0) is 13.9. The monoisotopic (exact) mass is 260 g/mol. The van der Waals surface area contributed by atoms with E-state index in [4.69, 9.17) is 11.0 Å². The van der Waals surface area contributed by atoms with Crippen molar-refractivity contribution < 1.29 is 23.4 Å². The molecule has 0 aliphatic rings. The number of nitrogens with zero attached hydrogens (tertiary/aromatic N) is 1. The Morgan fingerprint density at radius 3 is 2.44 bits per heavy atom. The summed E-state index contributed by atoms with van der Waals surface area (Å²) in [5.74, 6) is 0. The molecule has 1 aromatic rings. The van der Waals surface area contributed by atoms with E-state index in [1.165, 1.54) is 0 Å². The molecule has 0 spiro atoms. The fourth-order valence-electron chi connectivity index (χ4n) is 1.42. The molecule has 2 unspecified atom stereocenters. The molecule has 0 fully saturated rings. The Morgan fingerprint density at radius 1 is 1.33 bits per heavy atom. The molecule has 4 nitrogen and oxygen atoms in total. The van der Waals surface area contributed by atoms with Crippen molar-refractivity contribution in [2.24, 2.45) is 0 Å². The lowest BCUT2D eigenvalue weighted by atomic mass is 9.98. The number of nitrogen functional groups attached to an aromatic ring is 1. The summed E-state index contributed by atoms with van der Waals surface area (Å²) in [7, 11) is 0. The van der Waals surface area contributed by atoms with Gasteiger partial charge in [-0.25, -0.2) is 0 Å². The van der Waals surface area contributed by atoms with Crippen LogP contribution in [0.2, 0.25) is 0 Å². The van der Waals surface area contributed by atoms with Crippen LogP contribution in [0.4, 0.5) is 18.9 Å². The first-order valence-electron chi connectivity index (χ1n) is 4.97. The van der Waals surface area contributed by atoms with Crippen LogP contribution in [0.25, 0.3) is 0 Å². The maximum absolute atomic E-state index is 12.5. The lowest BCUT2D eigenvalue weighted by Gasteiger charge is -2.19. The SMILES string of the molecule is N#CCC(O)C(O)c1cc(C(F)(F)F)ccc1N. The van der Waals surface area contributed by atoms with Crippen LogP contribution in [0, 0.1) is 11.3 Å². The highest BCUT2D eigenvalue weighted by Crippen LogP contribution is 2.34. The molecule has 18 heavy (non-hydrogen) atoms. The Hall–Kier alpha value is -1.78. The van der Waals surface area contributed by atoms with Crippen molar-refractivity contribution in [1.82, 2.24) is 0 Å². The number of alkyl halides is 3. The van der Waals surface area contributed by atoms with E-state index in [9.17, 15) is 23.4 Å². The van der Waals surface area contributed by atoms with Gasteiger partial charge < -0.3 is 15.9 Å². The molecular formula is C11H11F3N2O2. The zero-order valence-electron chi connectivity index (χ0n) is 9.15. The number of hydrogen-bond donors (Lipinski definition) is 3. The standard InChI is InChI=1S/C11H11F3N2O2/c12-11(13,14)6-1-2-8(16)7(5-6)10(18)9(17)3-4-15/h1-2,5,9-10,17-18H,3,16H2. The molecule has 0 amide bonds. The van der Waals surface area contributed by atoms with Gasteiger partial charge in [-0.3, -0.25) is 0 Å². The molecule has 7 heteroatoms. The Bertz CT molecular complexity index is 468. The van der Waals surface area contributed by atoms with Gasteiger partial charge in [-0.1, -0.05) is 0 Å². The summed E-state index contributed by atoms with van der Waals surface area (Å²) in [6.45, 7) is 0. The van der Waals surface area contributed by atoms with Crippen LogP contribution in [0.5, 0.6) is 0 Å². The fraction of sp³-hybridized carbons (Fsp3) is 0.364. The summed E-state index contributed by atoms with van der Waals surface area (Å²) in [6.07, 6.45) is -8.09. The number of aliphatic hydroxyl groups excluding tert-OH is 2. The number of aliphatic hydroxyl groups is 2. The van der Waals surface area contributed by atoms with Gasteiger partial charge in [-0.15, -0.1) is 0 Å². The Balaban J connectivity index is 3.12. The van der Waals surface area contributed by atoms with Crippen molar-refractivity contribution in [3.05, 3.63) is 29.3 Å². The van der Waals surface area contributed by atoms with Gasteiger partial charge in [0.1, 0.15) is 6.10 Å². The van der Waals surface area contributed by atoms with Crippen LogP contribution in [0.3, 0.4) is 0 Å². The number of anilines is 1. The van der Waals surface area contributed by atoms with E-state index in [1.54, 1.807) is 6.07 Å². The van der Waals surface area contributed by atoms with Gasteiger partial charge in [0.15, 0.2) is 0 Å². The summed E-state index contributed by atoms with van der Waals surface area (Å²) in [4.78, 5) is 0. The minimum absolute atomic E-state index is 0.0764. The Labute approximate surface area is 101 Å². The summed E-state index contributed by atoms with van der Waals surface area (Å²) in [6, 6.07) is 4.06. The molecule has 1 aromatic carbocycles. The van der Waals surface area contributed by atoms with E-state index in [1.807, 2.05) is 0 Å². The number of halogens is 3. The minimum atomic E-state index is -4.57. The lowest BCUT2D eigenvalue weighted by Crippen LogP contribution is -2.19. The number of benzene rings is 1. The largest absolute Gasteiger partial charge is 0.416 e. The highest BCUT2D eigenvalue weighted by Gasteiger charge is 2.32. The van der Waals surface area contributed by atoms with E-state index < -0.39 is 30.4 Å². The molecule has 98 valence electrons. The zero-order valence-corrected chi connectivity index (χ0v) is 9.15. The van der Waals surface area contributed by atoms with Crippen LogP contribution in [0.1, 0.15) is 23.7 Å². The number of hydrogen-bond acceptors (Lipinski definition) is 4. The molecule has 0 saturated heterocycles. The van der Waals surface area contributed by atoms with Gasteiger partial charge in [0.2, 0.25) is 0 Å². The van der Waals surface area contributed by atoms with Gasteiger partial charge in [-0.2, -0.15) is 18.4 Å². The first kappa shape index (κ1) is 14.3. The molecule has 1 rings (SSSR count). The number of nitriles is 1. The molecule has 0 aliphatic carbocycles. The van der Waals surface area contributed by atoms with Gasteiger partial charge in [0.25, 0.3) is 0 Å². The van der Waals surface area contributed by atoms with E-state index in [0.29, 0.717) is 6.07 Å². The van der Waals surface area contributed by atoms with Gasteiger partial charge in [-0.05, 0) is 18.2 Å². The summed E-state index contributed by atoms with van der Waals surface area (Å²) >= 11 is 0. The second kappa shape index (κ2) is 5.25. The smallest absolute Gasteiger partial charge is 0.398 e. The van der Waals surface area contributed by atoms with Crippen LogP contribution in [0.15, 0.2) is 18.2 Å². The maximum atomic E-state index is 12.5. The first-order chi connectivity index (χ1) is 8.27. The van der Waals surface area contributed by atoms with Crippen molar-refractivity contribution in [2.75, 3.05) is 5.73 Å². The highest BCUT2D eigenvalue weighted by atomic mass is 19.4. The van der Waals surface area contributed by atoms with Crippen molar-refractivity contribution in [2.45, 2.75) is 24.8 Å². The normalized spacial score (nSPS) is 14.9. The average molecular weight is 260 g/mol.